The fourth-order valence-corrected chi connectivity index (χ4v) is 5.11. The van der Waals surface area contributed by atoms with Crippen molar-refractivity contribution in [1.29, 1.82) is 0 Å². The van der Waals surface area contributed by atoms with Crippen LogP contribution >= 0.6 is 11.3 Å². The lowest BCUT2D eigenvalue weighted by Crippen LogP contribution is -2.52. The molecule has 2 fully saturated rings. The van der Waals surface area contributed by atoms with E-state index >= 15 is 0 Å². The summed E-state index contributed by atoms with van der Waals surface area (Å²) in [5, 5.41) is 1.89. The summed E-state index contributed by atoms with van der Waals surface area (Å²) >= 11 is 1.43. The number of thiophene rings is 1. The molecule has 2 amide bonds. The third kappa shape index (κ3) is 4.19. The number of benzene rings is 2. The minimum atomic E-state index is -0.490. The molecule has 0 N–H and O–H groups in total. The zero-order valence-corrected chi connectivity index (χ0v) is 18.6. The summed E-state index contributed by atoms with van der Waals surface area (Å²) < 4.78 is 13.2. The van der Waals surface area contributed by atoms with Gasteiger partial charge in [-0.1, -0.05) is 6.07 Å². The fourth-order valence-electron chi connectivity index (χ4n) is 4.43. The Labute approximate surface area is 194 Å². The van der Waals surface area contributed by atoms with E-state index in [4.69, 9.17) is 0 Å². The molecule has 3 aromatic rings. The monoisotopic (exact) mass is 463 g/mol. The van der Waals surface area contributed by atoms with Gasteiger partial charge in [-0.25, -0.2) is 9.29 Å². The Morgan fingerprint density at radius 1 is 0.879 bits per heavy atom. The third-order valence-electron chi connectivity index (χ3n) is 6.20. The van der Waals surface area contributed by atoms with Gasteiger partial charge >= 0.3 is 0 Å². The van der Waals surface area contributed by atoms with Crippen LogP contribution in [0.15, 0.2) is 66.0 Å². The van der Waals surface area contributed by atoms with Gasteiger partial charge in [0.05, 0.1) is 23.0 Å². The molecule has 2 aliphatic rings. The minimum absolute atomic E-state index is 0.0245. The highest BCUT2D eigenvalue weighted by Gasteiger charge is 2.43. The van der Waals surface area contributed by atoms with Crippen molar-refractivity contribution in [2.75, 3.05) is 36.0 Å². The highest BCUT2D eigenvalue weighted by atomic mass is 32.1. The van der Waals surface area contributed by atoms with Gasteiger partial charge in [-0.2, -0.15) is 0 Å². The second-order valence-electron chi connectivity index (χ2n) is 8.14. The van der Waals surface area contributed by atoms with Crippen molar-refractivity contribution in [3.05, 3.63) is 82.3 Å². The highest BCUT2D eigenvalue weighted by molar-refractivity contribution is 7.12. The molecule has 6 nitrogen and oxygen atoms in total. The van der Waals surface area contributed by atoms with Crippen LogP contribution in [0.4, 0.5) is 15.8 Å². The zero-order chi connectivity index (χ0) is 22.9. The van der Waals surface area contributed by atoms with Gasteiger partial charge in [0.2, 0.25) is 11.7 Å². The number of halogens is 1. The van der Waals surface area contributed by atoms with Crippen molar-refractivity contribution in [3.63, 3.8) is 0 Å². The van der Waals surface area contributed by atoms with Crippen LogP contribution in [0.3, 0.4) is 0 Å². The molecule has 168 valence electrons. The van der Waals surface area contributed by atoms with Gasteiger partial charge in [0.15, 0.2) is 0 Å². The summed E-state index contributed by atoms with van der Waals surface area (Å²) in [5.74, 6) is -0.896. The number of rotatable bonds is 5. The normalized spacial score (nSPS) is 19.4. The first-order chi connectivity index (χ1) is 16.0. The predicted molar refractivity (Wildman–Crippen MR) is 125 cm³/mol. The van der Waals surface area contributed by atoms with E-state index in [-0.39, 0.29) is 24.0 Å². The van der Waals surface area contributed by atoms with Crippen LogP contribution in [0, 0.1) is 5.82 Å². The van der Waals surface area contributed by atoms with Crippen molar-refractivity contribution in [2.24, 2.45) is 0 Å². The fraction of sp³-hybridized carbons (Fsp3) is 0.240. The molecule has 33 heavy (non-hydrogen) atoms. The second-order valence-corrected chi connectivity index (χ2v) is 9.09. The van der Waals surface area contributed by atoms with Gasteiger partial charge in [-0.15, -0.1) is 11.3 Å². The van der Waals surface area contributed by atoms with Crippen LogP contribution in [0.2, 0.25) is 0 Å². The smallest absolute Gasteiger partial charge is 0.251 e. The van der Waals surface area contributed by atoms with E-state index in [2.05, 4.69) is 9.80 Å². The molecule has 0 saturated carbocycles. The summed E-state index contributed by atoms with van der Waals surface area (Å²) in [6.07, 6.45) is 0.135. The summed E-state index contributed by atoms with van der Waals surface area (Å²) in [6, 6.07) is 16.2. The van der Waals surface area contributed by atoms with Crippen LogP contribution < -0.4 is 9.80 Å². The summed E-state index contributed by atoms with van der Waals surface area (Å²) in [5.41, 5.74) is 2.10. The first-order valence-electron chi connectivity index (χ1n) is 10.8. The number of hydrogen-bond acceptors (Lipinski definition) is 6. The Morgan fingerprint density at radius 3 is 2.18 bits per heavy atom. The molecule has 1 atom stereocenters. The lowest BCUT2D eigenvalue weighted by molar-refractivity contribution is -0.123. The number of imide groups is 1. The third-order valence-corrected chi connectivity index (χ3v) is 7.07. The van der Waals surface area contributed by atoms with Crippen LogP contribution in [0.25, 0.3) is 0 Å². The standard InChI is InChI=1S/C25H22FN3O3S/c26-18-5-9-20(10-6-18)29-23(30)16-21(25(29)32)28-13-11-27(12-14-28)19-7-3-17(4-8-19)24(31)22-2-1-15-33-22/h1-10,15,21H,11-14,16H2. The Hall–Kier alpha value is -3.36. The average Bonchev–Trinajstić information content (AvgIpc) is 3.48. The van der Waals surface area contributed by atoms with E-state index in [1.54, 1.807) is 0 Å². The number of anilines is 2. The van der Waals surface area contributed by atoms with Gasteiger partial charge in [-0.05, 0) is 60.0 Å². The van der Waals surface area contributed by atoms with E-state index in [0.29, 0.717) is 37.4 Å². The highest BCUT2D eigenvalue weighted by Crippen LogP contribution is 2.27. The van der Waals surface area contributed by atoms with Crippen LogP contribution in [0.5, 0.6) is 0 Å². The maximum absolute atomic E-state index is 13.2. The lowest BCUT2D eigenvalue weighted by Gasteiger charge is -2.38. The van der Waals surface area contributed by atoms with E-state index in [1.165, 1.54) is 40.5 Å². The molecule has 0 aliphatic carbocycles. The van der Waals surface area contributed by atoms with E-state index < -0.39 is 11.9 Å². The maximum Gasteiger partial charge on any atom is 0.251 e. The number of ketones is 1. The predicted octanol–water partition coefficient (Wildman–Crippen LogP) is 3.57. The molecule has 0 spiro atoms. The molecular formula is C25H22FN3O3S. The van der Waals surface area contributed by atoms with Crippen LogP contribution in [-0.2, 0) is 9.59 Å². The van der Waals surface area contributed by atoms with Gasteiger partial charge in [0.1, 0.15) is 5.82 Å². The average molecular weight is 464 g/mol. The molecule has 2 aliphatic heterocycles. The molecule has 2 saturated heterocycles. The molecule has 0 radical (unpaired) electrons. The SMILES string of the molecule is O=C(c1ccc(N2CCN(C3CC(=O)N(c4ccc(F)cc4)C3=O)CC2)cc1)c1cccs1. The van der Waals surface area contributed by atoms with E-state index in [1.807, 2.05) is 41.8 Å². The Balaban J connectivity index is 1.21. The maximum atomic E-state index is 13.2. The number of hydrogen-bond donors (Lipinski definition) is 0. The van der Waals surface area contributed by atoms with Gasteiger partial charge < -0.3 is 4.90 Å². The molecule has 2 aromatic carbocycles. The van der Waals surface area contributed by atoms with Crippen molar-refractivity contribution in [2.45, 2.75) is 12.5 Å². The first kappa shape index (κ1) is 21.5. The number of carbonyl (C=O) groups excluding carboxylic acids is 3. The van der Waals surface area contributed by atoms with Crippen molar-refractivity contribution < 1.29 is 18.8 Å². The van der Waals surface area contributed by atoms with Crippen molar-refractivity contribution in [1.82, 2.24) is 4.90 Å². The summed E-state index contributed by atoms with van der Waals surface area (Å²) in [4.78, 5) is 44.2. The molecule has 1 aromatic heterocycles. The number of piperazine rings is 1. The van der Waals surface area contributed by atoms with Gasteiger partial charge in [0.25, 0.3) is 5.91 Å². The van der Waals surface area contributed by atoms with Crippen LogP contribution in [-0.4, -0.2) is 54.7 Å². The topological polar surface area (TPSA) is 60.9 Å². The first-order valence-corrected chi connectivity index (χ1v) is 11.7. The Morgan fingerprint density at radius 2 is 1.55 bits per heavy atom. The van der Waals surface area contributed by atoms with Gasteiger partial charge in [-0.3, -0.25) is 19.3 Å². The quantitative estimate of drug-likeness (QED) is 0.428. The lowest BCUT2D eigenvalue weighted by atomic mass is 10.1. The van der Waals surface area contributed by atoms with E-state index in [0.717, 1.165) is 10.6 Å². The molecule has 0 bridgehead atoms. The second kappa shape index (κ2) is 8.88. The molecule has 3 heterocycles. The number of nitrogens with zero attached hydrogens (tertiary/aromatic N) is 3. The molecular weight excluding hydrogens is 441 g/mol. The van der Waals surface area contributed by atoms with Crippen molar-refractivity contribution in [3.8, 4) is 0 Å². The van der Waals surface area contributed by atoms with E-state index in [9.17, 15) is 18.8 Å². The minimum Gasteiger partial charge on any atom is -0.369 e. The van der Waals surface area contributed by atoms with Crippen molar-refractivity contribution >= 4 is 40.3 Å². The Kier molecular flexibility index (Phi) is 5.78. The van der Waals surface area contributed by atoms with Gasteiger partial charge in [0, 0.05) is 37.4 Å². The largest absolute Gasteiger partial charge is 0.369 e. The molecule has 8 heteroatoms. The summed E-state index contributed by atoms with van der Waals surface area (Å²) in [6.45, 7) is 2.73. The number of carbonyl (C=O) groups is 3. The molecule has 1 unspecified atom stereocenters. The summed E-state index contributed by atoms with van der Waals surface area (Å²) in [7, 11) is 0. The number of amides is 2. The Bertz CT molecular complexity index is 1170. The zero-order valence-electron chi connectivity index (χ0n) is 17.8. The molecule has 5 rings (SSSR count). The van der Waals surface area contributed by atoms with Crippen LogP contribution in [0.1, 0.15) is 21.7 Å².